The van der Waals surface area contributed by atoms with E-state index in [9.17, 15) is 9.59 Å². The number of ether oxygens (including phenoxy) is 1. The minimum atomic E-state index is -0.578. The van der Waals surface area contributed by atoms with Crippen LogP contribution in [-0.4, -0.2) is 57.1 Å². The summed E-state index contributed by atoms with van der Waals surface area (Å²) in [6.07, 6.45) is 4.39. The van der Waals surface area contributed by atoms with Gasteiger partial charge >= 0.3 is 6.09 Å². The second kappa shape index (κ2) is 5.53. The number of aromatic amines is 1. The minimum absolute atomic E-state index is 0.00469. The van der Waals surface area contributed by atoms with Crippen LogP contribution in [0.3, 0.4) is 0 Å². The third-order valence-electron chi connectivity index (χ3n) is 3.50. The molecule has 1 fully saturated rings. The molecule has 0 bridgehead atoms. The maximum atomic E-state index is 12.4. The van der Waals surface area contributed by atoms with Crippen molar-refractivity contribution in [3.8, 4) is 0 Å². The fraction of sp³-hybridized carbons (Fsp3) is 0.467. The SMILES string of the molecule is CC(C)(C)OC(=O)N1CCN(c2c[nH]c3ncncc23)C(=O)C1. The fourth-order valence-electron chi connectivity index (χ4n) is 2.48. The van der Waals surface area contributed by atoms with Crippen molar-refractivity contribution in [2.24, 2.45) is 0 Å². The third-order valence-corrected chi connectivity index (χ3v) is 3.50. The third kappa shape index (κ3) is 3.10. The lowest BCUT2D eigenvalue weighted by molar-refractivity contribution is -0.121. The van der Waals surface area contributed by atoms with E-state index in [0.717, 1.165) is 11.1 Å². The number of fused-ring (bicyclic) bond motifs is 1. The number of aromatic nitrogens is 3. The van der Waals surface area contributed by atoms with E-state index in [1.54, 1.807) is 38.1 Å². The molecule has 3 rings (SSSR count). The molecule has 1 aliphatic heterocycles. The van der Waals surface area contributed by atoms with E-state index in [1.807, 2.05) is 0 Å². The van der Waals surface area contributed by atoms with Gasteiger partial charge in [0.25, 0.3) is 0 Å². The van der Waals surface area contributed by atoms with Crippen LogP contribution in [0.2, 0.25) is 0 Å². The van der Waals surface area contributed by atoms with Crippen molar-refractivity contribution in [3.05, 3.63) is 18.7 Å². The molecule has 2 aromatic rings. The molecule has 0 unspecified atom stereocenters. The van der Waals surface area contributed by atoms with Crippen LogP contribution in [-0.2, 0) is 9.53 Å². The summed E-state index contributed by atoms with van der Waals surface area (Å²) in [7, 11) is 0. The van der Waals surface area contributed by atoms with Crippen LogP contribution in [0.15, 0.2) is 18.7 Å². The number of hydrogen-bond acceptors (Lipinski definition) is 5. The van der Waals surface area contributed by atoms with Gasteiger partial charge in [0, 0.05) is 25.5 Å². The van der Waals surface area contributed by atoms with Crippen LogP contribution in [0.1, 0.15) is 20.8 Å². The molecule has 0 aromatic carbocycles. The Morgan fingerprint density at radius 2 is 2.13 bits per heavy atom. The van der Waals surface area contributed by atoms with E-state index in [4.69, 9.17) is 4.74 Å². The Morgan fingerprint density at radius 1 is 1.35 bits per heavy atom. The average Bonchev–Trinajstić information content (AvgIpc) is 2.89. The number of carbonyl (C=O) groups excluding carboxylic acids is 2. The van der Waals surface area contributed by atoms with Crippen LogP contribution in [0.5, 0.6) is 0 Å². The van der Waals surface area contributed by atoms with E-state index in [0.29, 0.717) is 18.7 Å². The van der Waals surface area contributed by atoms with E-state index in [1.165, 1.54) is 11.2 Å². The molecule has 0 radical (unpaired) electrons. The number of rotatable bonds is 1. The molecular formula is C15H19N5O3. The monoisotopic (exact) mass is 317 g/mol. The number of hydrogen-bond donors (Lipinski definition) is 1. The van der Waals surface area contributed by atoms with Gasteiger partial charge in [-0.15, -0.1) is 0 Å². The molecular weight excluding hydrogens is 298 g/mol. The van der Waals surface area contributed by atoms with E-state index in [-0.39, 0.29) is 12.5 Å². The highest BCUT2D eigenvalue weighted by molar-refractivity contribution is 6.04. The molecule has 23 heavy (non-hydrogen) atoms. The number of anilines is 1. The second-order valence-electron chi connectivity index (χ2n) is 6.41. The van der Waals surface area contributed by atoms with Gasteiger partial charge in [0.15, 0.2) is 0 Å². The van der Waals surface area contributed by atoms with E-state index >= 15 is 0 Å². The number of nitrogens with zero attached hydrogens (tertiary/aromatic N) is 4. The maximum Gasteiger partial charge on any atom is 0.410 e. The minimum Gasteiger partial charge on any atom is -0.444 e. The Morgan fingerprint density at radius 3 is 2.83 bits per heavy atom. The molecule has 1 aliphatic rings. The molecule has 0 saturated carbocycles. The Labute approximate surface area is 133 Å². The van der Waals surface area contributed by atoms with Crippen molar-refractivity contribution in [3.63, 3.8) is 0 Å². The summed E-state index contributed by atoms with van der Waals surface area (Å²) in [5.74, 6) is -0.160. The van der Waals surface area contributed by atoms with Crippen LogP contribution in [0.4, 0.5) is 10.5 Å². The molecule has 2 amide bonds. The van der Waals surface area contributed by atoms with Gasteiger partial charge in [-0.3, -0.25) is 9.69 Å². The number of nitrogens with one attached hydrogen (secondary N) is 1. The van der Waals surface area contributed by atoms with Gasteiger partial charge in [-0.25, -0.2) is 14.8 Å². The Balaban J connectivity index is 1.74. The Bertz CT molecular complexity index is 749. The first kappa shape index (κ1) is 15.3. The van der Waals surface area contributed by atoms with Gasteiger partial charge in [-0.1, -0.05) is 0 Å². The lowest BCUT2D eigenvalue weighted by atomic mass is 10.2. The summed E-state index contributed by atoms with van der Waals surface area (Å²) in [5.41, 5.74) is 0.831. The number of amides is 2. The van der Waals surface area contributed by atoms with Crippen molar-refractivity contribution < 1.29 is 14.3 Å². The molecule has 2 aromatic heterocycles. The highest BCUT2D eigenvalue weighted by Crippen LogP contribution is 2.26. The van der Waals surface area contributed by atoms with Crippen molar-refractivity contribution in [2.45, 2.75) is 26.4 Å². The zero-order valence-corrected chi connectivity index (χ0v) is 13.4. The summed E-state index contributed by atoms with van der Waals surface area (Å²) in [5, 5.41) is 0.784. The lowest BCUT2D eigenvalue weighted by Crippen LogP contribution is -2.53. The summed E-state index contributed by atoms with van der Waals surface area (Å²) in [6, 6.07) is 0. The lowest BCUT2D eigenvalue weighted by Gasteiger charge is -2.34. The summed E-state index contributed by atoms with van der Waals surface area (Å²) < 4.78 is 5.31. The second-order valence-corrected chi connectivity index (χ2v) is 6.41. The van der Waals surface area contributed by atoms with Gasteiger partial charge < -0.3 is 14.6 Å². The highest BCUT2D eigenvalue weighted by atomic mass is 16.6. The van der Waals surface area contributed by atoms with Gasteiger partial charge in [0.05, 0.1) is 11.1 Å². The molecule has 0 aliphatic carbocycles. The molecule has 0 atom stereocenters. The van der Waals surface area contributed by atoms with E-state index < -0.39 is 11.7 Å². The highest BCUT2D eigenvalue weighted by Gasteiger charge is 2.31. The first-order valence-corrected chi connectivity index (χ1v) is 7.40. The van der Waals surface area contributed by atoms with Crippen molar-refractivity contribution in [1.29, 1.82) is 0 Å². The van der Waals surface area contributed by atoms with Gasteiger partial charge in [-0.2, -0.15) is 0 Å². The predicted molar refractivity (Wildman–Crippen MR) is 84.0 cm³/mol. The van der Waals surface area contributed by atoms with Gasteiger partial charge in [0.2, 0.25) is 5.91 Å². The number of H-pyrrole nitrogens is 1. The number of piperazine rings is 1. The first-order chi connectivity index (χ1) is 10.8. The topological polar surface area (TPSA) is 91.4 Å². The molecule has 0 spiro atoms. The fourth-order valence-corrected chi connectivity index (χ4v) is 2.48. The van der Waals surface area contributed by atoms with Crippen molar-refractivity contribution in [1.82, 2.24) is 19.9 Å². The normalized spacial score (nSPS) is 16.0. The van der Waals surface area contributed by atoms with Crippen LogP contribution in [0.25, 0.3) is 11.0 Å². The van der Waals surface area contributed by atoms with Crippen molar-refractivity contribution in [2.75, 3.05) is 24.5 Å². The molecule has 3 heterocycles. The predicted octanol–water partition coefficient (Wildman–Crippen LogP) is 1.54. The van der Waals surface area contributed by atoms with Crippen LogP contribution >= 0.6 is 0 Å². The van der Waals surface area contributed by atoms with Gasteiger partial charge in [0.1, 0.15) is 24.1 Å². The Hall–Kier alpha value is -2.64. The summed E-state index contributed by atoms with van der Waals surface area (Å²) in [4.78, 5) is 38.7. The number of carbonyl (C=O) groups is 2. The molecule has 122 valence electrons. The smallest absolute Gasteiger partial charge is 0.410 e. The molecule has 1 saturated heterocycles. The van der Waals surface area contributed by atoms with Crippen LogP contribution in [0, 0.1) is 0 Å². The quantitative estimate of drug-likeness (QED) is 0.861. The van der Waals surface area contributed by atoms with Crippen LogP contribution < -0.4 is 4.90 Å². The summed E-state index contributed by atoms with van der Waals surface area (Å²) >= 11 is 0. The molecule has 8 nitrogen and oxygen atoms in total. The zero-order chi connectivity index (χ0) is 16.6. The maximum absolute atomic E-state index is 12.4. The molecule has 1 N–H and O–H groups in total. The van der Waals surface area contributed by atoms with E-state index in [2.05, 4.69) is 15.0 Å². The van der Waals surface area contributed by atoms with Gasteiger partial charge in [-0.05, 0) is 20.8 Å². The Kier molecular flexibility index (Phi) is 3.67. The average molecular weight is 317 g/mol. The molecule has 8 heteroatoms. The zero-order valence-electron chi connectivity index (χ0n) is 13.4. The van der Waals surface area contributed by atoms with Crippen molar-refractivity contribution >= 4 is 28.7 Å². The largest absolute Gasteiger partial charge is 0.444 e. The standard InChI is InChI=1S/C15H19N5O3/c1-15(2,3)23-14(22)19-4-5-20(12(21)8-19)11-7-17-13-10(11)6-16-9-18-13/h6-7,9H,4-5,8H2,1-3H3,(H,16,17,18). The first-order valence-electron chi connectivity index (χ1n) is 7.40. The summed E-state index contributed by atoms with van der Waals surface area (Å²) in [6.45, 7) is 6.22.